The van der Waals surface area contributed by atoms with Crippen LogP contribution in [0.25, 0.3) is 76.9 Å². The lowest BCUT2D eigenvalue weighted by Crippen LogP contribution is -2.06. The van der Waals surface area contributed by atoms with E-state index in [-0.39, 0.29) is 0 Å². The molecule has 4 heterocycles. The van der Waals surface area contributed by atoms with Crippen LogP contribution in [0.2, 0.25) is 0 Å². The number of allylic oxidation sites excluding steroid dienone is 4. The van der Waals surface area contributed by atoms with Gasteiger partial charge in [-0.15, -0.1) is 0 Å². The van der Waals surface area contributed by atoms with Crippen molar-refractivity contribution in [3.63, 3.8) is 0 Å². The van der Waals surface area contributed by atoms with Crippen molar-refractivity contribution in [3.8, 4) is 17.2 Å². The van der Waals surface area contributed by atoms with Crippen molar-refractivity contribution < 1.29 is 9.15 Å². The van der Waals surface area contributed by atoms with Crippen LogP contribution in [0, 0.1) is 0 Å². The SMILES string of the molecule is C1=C2Sc3ccccc3C2CC(n2c3ccccc3c3c(Oc4cccc5c4c4ccccc4n5-c4ccc5oc6ccccc6c5c4)cccc32)=C1. The van der Waals surface area contributed by atoms with E-state index in [1.54, 1.807) is 0 Å². The molecule has 5 heteroatoms. The van der Waals surface area contributed by atoms with E-state index in [1.165, 1.54) is 32.0 Å². The van der Waals surface area contributed by atoms with Gasteiger partial charge in [0.15, 0.2) is 0 Å². The number of fused-ring (bicyclic) bond motifs is 12. The molecule has 1 aliphatic carbocycles. The predicted octanol–water partition coefficient (Wildman–Crippen LogP) is 13.6. The number of hydrogen-bond donors (Lipinski definition) is 0. The molecule has 0 fully saturated rings. The molecule has 53 heavy (non-hydrogen) atoms. The van der Waals surface area contributed by atoms with E-state index < -0.39 is 0 Å². The zero-order chi connectivity index (χ0) is 34.6. The molecule has 0 saturated heterocycles. The maximum atomic E-state index is 7.13. The molecule has 0 radical (unpaired) electrons. The fraction of sp³-hybridized carbons (Fsp3) is 0.0417. The fourth-order valence-electron chi connectivity index (χ4n) is 8.90. The molecular weight excluding hydrogens is 669 g/mol. The summed E-state index contributed by atoms with van der Waals surface area (Å²) in [6, 6.07) is 53.9. The first-order valence-corrected chi connectivity index (χ1v) is 18.9. The second-order valence-electron chi connectivity index (χ2n) is 14.0. The maximum Gasteiger partial charge on any atom is 0.137 e. The third kappa shape index (κ3) is 4.20. The van der Waals surface area contributed by atoms with Crippen LogP contribution < -0.4 is 4.74 Å². The van der Waals surface area contributed by atoms with Gasteiger partial charge in [-0.3, -0.25) is 0 Å². The number of nitrogens with zero attached hydrogens (tertiary/aromatic N) is 2. The number of furan rings is 1. The number of para-hydroxylation sites is 3. The molecular formula is C48H30N2O2S. The van der Waals surface area contributed by atoms with Gasteiger partial charge in [0.2, 0.25) is 0 Å². The Morgan fingerprint density at radius 1 is 0.528 bits per heavy atom. The summed E-state index contributed by atoms with van der Waals surface area (Å²) in [6.07, 6.45) is 5.61. The minimum atomic E-state index is 0.384. The summed E-state index contributed by atoms with van der Waals surface area (Å²) in [5.74, 6) is 2.07. The maximum absolute atomic E-state index is 7.13. The summed E-state index contributed by atoms with van der Waals surface area (Å²) < 4.78 is 18.1. The van der Waals surface area contributed by atoms with Crippen molar-refractivity contribution in [3.05, 3.63) is 174 Å². The van der Waals surface area contributed by atoms with Crippen molar-refractivity contribution in [2.24, 2.45) is 0 Å². The lowest BCUT2D eigenvalue weighted by molar-refractivity contribution is 0.495. The fourth-order valence-corrected chi connectivity index (χ4v) is 10.1. The summed E-state index contributed by atoms with van der Waals surface area (Å²) >= 11 is 1.91. The first kappa shape index (κ1) is 29.2. The number of rotatable bonds is 4. The minimum absolute atomic E-state index is 0.384. The standard InChI is InChI=1S/C48H30N2O2S/c1-5-15-37-33(13-1)47-39(49(37)29-23-25-42-35(27-29)31-11-3-7-19-41(31)51-42)17-9-20-43(47)52-44-21-10-18-40-48(44)34-14-2-6-16-38(34)50(40)30-24-26-46-36(28-30)32-12-4-8-22-45(32)53-46/h1-27,36H,28H2. The zero-order valence-electron chi connectivity index (χ0n) is 28.5. The molecule has 250 valence electrons. The second kappa shape index (κ2) is 11.0. The molecule has 4 nitrogen and oxygen atoms in total. The lowest BCUT2D eigenvalue weighted by atomic mass is 9.90. The minimum Gasteiger partial charge on any atom is -0.456 e. The molecule has 0 spiro atoms. The summed E-state index contributed by atoms with van der Waals surface area (Å²) in [7, 11) is 0. The second-order valence-corrected chi connectivity index (χ2v) is 15.1. The first-order valence-electron chi connectivity index (χ1n) is 18.1. The molecule has 0 bridgehead atoms. The number of benzene rings is 7. The van der Waals surface area contributed by atoms with E-state index in [4.69, 9.17) is 9.15 Å². The summed E-state index contributed by atoms with van der Waals surface area (Å²) in [6.45, 7) is 0. The van der Waals surface area contributed by atoms with E-state index in [1.807, 2.05) is 23.9 Å². The van der Waals surface area contributed by atoms with Crippen LogP contribution in [0.5, 0.6) is 11.5 Å². The molecule has 12 rings (SSSR count). The van der Waals surface area contributed by atoms with Crippen molar-refractivity contribution in [2.75, 3.05) is 0 Å². The highest BCUT2D eigenvalue weighted by Crippen LogP contribution is 2.54. The van der Waals surface area contributed by atoms with E-state index in [0.29, 0.717) is 5.92 Å². The third-order valence-corrected chi connectivity index (χ3v) is 12.4. The van der Waals surface area contributed by atoms with Crippen molar-refractivity contribution in [1.82, 2.24) is 9.13 Å². The van der Waals surface area contributed by atoms with Gasteiger partial charge in [-0.1, -0.05) is 96.7 Å². The summed E-state index contributed by atoms with van der Waals surface area (Å²) in [5, 5.41) is 6.77. The van der Waals surface area contributed by atoms with Gasteiger partial charge in [0.1, 0.15) is 22.7 Å². The van der Waals surface area contributed by atoms with E-state index >= 15 is 0 Å². The summed E-state index contributed by atoms with van der Waals surface area (Å²) in [4.78, 5) is 2.81. The Hall–Kier alpha value is -6.43. The molecule has 1 aliphatic heterocycles. The quantitative estimate of drug-likeness (QED) is 0.183. The molecule has 10 aromatic rings. The van der Waals surface area contributed by atoms with Gasteiger partial charge in [-0.05, 0) is 95.8 Å². The normalized spacial score (nSPS) is 15.4. The Bertz CT molecular complexity index is 3230. The Labute approximate surface area is 308 Å². The van der Waals surface area contributed by atoms with Crippen LogP contribution in [0.1, 0.15) is 17.9 Å². The number of hydrogen-bond acceptors (Lipinski definition) is 3. The van der Waals surface area contributed by atoms with E-state index in [2.05, 4.69) is 161 Å². The smallest absolute Gasteiger partial charge is 0.137 e. The average Bonchev–Trinajstić information content (AvgIpc) is 3.95. The number of thioether (sulfide) groups is 1. The molecule has 3 aromatic heterocycles. The van der Waals surface area contributed by atoms with Crippen LogP contribution in [-0.4, -0.2) is 9.13 Å². The van der Waals surface area contributed by atoms with E-state index in [9.17, 15) is 0 Å². The monoisotopic (exact) mass is 698 g/mol. The Morgan fingerprint density at radius 2 is 1.15 bits per heavy atom. The first-order chi connectivity index (χ1) is 26.3. The molecule has 0 N–H and O–H groups in total. The number of ether oxygens (including phenoxy) is 1. The largest absolute Gasteiger partial charge is 0.456 e. The lowest BCUT2D eigenvalue weighted by Gasteiger charge is -2.21. The van der Waals surface area contributed by atoms with Crippen LogP contribution in [0.15, 0.2) is 178 Å². The van der Waals surface area contributed by atoms with Gasteiger partial charge in [-0.2, -0.15) is 0 Å². The van der Waals surface area contributed by atoms with Gasteiger partial charge in [0.05, 0.1) is 32.8 Å². The summed E-state index contributed by atoms with van der Waals surface area (Å²) in [5.41, 5.74) is 10.2. The van der Waals surface area contributed by atoms with Crippen LogP contribution in [0.3, 0.4) is 0 Å². The third-order valence-electron chi connectivity index (χ3n) is 11.2. The molecule has 0 saturated carbocycles. The van der Waals surface area contributed by atoms with Gasteiger partial charge in [0, 0.05) is 43.7 Å². The molecule has 1 unspecified atom stereocenters. The van der Waals surface area contributed by atoms with Crippen molar-refractivity contribution in [1.29, 1.82) is 0 Å². The molecule has 7 aromatic carbocycles. The zero-order valence-corrected chi connectivity index (χ0v) is 29.3. The molecule has 2 aliphatic rings. The Kier molecular flexibility index (Phi) is 6.08. The average molecular weight is 699 g/mol. The van der Waals surface area contributed by atoms with Gasteiger partial charge in [-0.25, -0.2) is 0 Å². The van der Waals surface area contributed by atoms with Gasteiger partial charge < -0.3 is 18.3 Å². The highest BCUT2D eigenvalue weighted by atomic mass is 32.2. The Morgan fingerprint density at radius 3 is 1.94 bits per heavy atom. The highest BCUT2D eigenvalue weighted by molar-refractivity contribution is 8.03. The van der Waals surface area contributed by atoms with Crippen molar-refractivity contribution in [2.45, 2.75) is 17.2 Å². The topological polar surface area (TPSA) is 32.2 Å². The van der Waals surface area contributed by atoms with Crippen LogP contribution >= 0.6 is 11.8 Å². The van der Waals surface area contributed by atoms with Crippen LogP contribution in [-0.2, 0) is 0 Å². The molecule has 0 amide bonds. The Balaban J connectivity index is 1.02. The van der Waals surface area contributed by atoms with Gasteiger partial charge >= 0.3 is 0 Å². The number of aromatic nitrogens is 2. The highest BCUT2D eigenvalue weighted by Gasteiger charge is 2.32. The van der Waals surface area contributed by atoms with E-state index in [0.717, 1.165) is 78.3 Å². The predicted molar refractivity (Wildman–Crippen MR) is 220 cm³/mol. The van der Waals surface area contributed by atoms with Crippen molar-refractivity contribution >= 4 is 83.0 Å². The van der Waals surface area contributed by atoms with Crippen LogP contribution in [0.4, 0.5) is 0 Å². The van der Waals surface area contributed by atoms with Gasteiger partial charge in [0.25, 0.3) is 0 Å². The molecule has 1 atom stereocenters.